The quantitative estimate of drug-likeness (QED) is 0.172. The molecule has 1 amide bonds. The maximum Gasteiger partial charge on any atom is 0.412 e. The van der Waals surface area contributed by atoms with Gasteiger partial charge in [0.25, 0.3) is 5.89 Å². The molecule has 1 N–H and O–H groups in total. The minimum atomic E-state index is -3.89. The first-order valence-corrected chi connectivity index (χ1v) is 20.9. The zero-order valence-corrected chi connectivity index (χ0v) is 33.8. The average molecular weight is 821 g/mol. The van der Waals surface area contributed by atoms with Gasteiger partial charge >= 0.3 is 6.09 Å². The molecule has 0 saturated carbocycles. The van der Waals surface area contributed by atoms with Crippen LogP contribution in [0.15, 0.2) is 76.1 Å². The topological polar surface area (TPSA) is 179 Å². The Morgan fingerprint density at radius 2 is 1.76 bits per heavy atom. The molecule has 1 aromatic heterocycles. The van der Waals surface area contributed by atoms with Gasteiger partial charge in [0.1, 0.15) is 28.7 Å². The van der Waals surface area contributed by atoms with Crippen LogP contribution in [0.1, 0.15) is 45.5 Å². The van der Waals surface area contributed by atoms with Crippen LogP contribution in [0.3, 0.4) is 0 Å². The lowest BCUT2D eigenvalue weighted by Crippen LogP contribution is -2.52. The first-order chi connectivity index (χ1) is 27.9. The van der Waals surface area contributed by atoms with E-state index in [9.17, 15) is 13.2 Å². The summed E-state index contributed by atoms with van der Waals surface area (Å²) in [5.41, 5.74) is 0.555. The van der Waals surface area contributed by atoms with Gasteiger partial charge in [0.05, 0.1) is 43.3 Å². The summed E-state index contributed by atoms with van der Waals surface area (Å²) < 4.78 is 79.8. The zero-order chi connectivity index (χ0) is 40.6. The fourth-order valence-corrected chi connectivity index (χ4v) is 9.83. The number of fused-ring (bicyclic) bond motifs is 2. The standard InChI is InChI=1S/C41H48N4O12S/c1-24(2)38(58(47,48)29-14-15-32-33(19-29)54-23-53-32)42-20-34-31(45(41(3,4)56-34)40(46)55-35-21-52-39-30(35)16-17-50-39)18-25-6-10-28(11-7-25)51-22-36-43-37(57-44-36)26-8-12-27(49-5)13-9-26/h6-15,19,24,30-31,34-35,38-39,42H,16-18,20-23H2,1-5H3/t30-,31-,34+,35-,38?,39+/m0/s1. The molecule has 0 aliphatic carbocycles. The molecule has 4 aliphatic rings. The largest absolute Gasteiger partial charge is 0.497 e. The number of aromatic nitrogens is 2. The van der Waals surface area contributed by atoms with Gasteiger partial charge < -0.3 is 42.4 Å². The maximum absolute atomic E-state index is 14.2. The predicted molar refractivity (Wildman–Crippen MR) is 206 cm³/mol. The Morgan fingerprint density at radius 1 is 1.00 bits per heavy atom. The fraction of sp³-hybridized carbons (Fsp3) is 0.488. The van der Waals surface area contributed by atoms with Gasteiger partial charge in [-0.25, -0.2) is 13.2 Å². The molecule has 58 heavy (non-hydrogen) atoms. The van der Waals surface area contributed by atoms with E-state index in [1.165, 1.54) is 12.1 Å². The van der Waals surface area contributed by atoms with Gasteiger partial charge in [0.2, 0.25) is 12.6 Å². The van der Waals surface area contributed by atoms with E-state index in [-0.39, 0.29) is 49.6 Å². The summed E-state index contributed by atoms with van der Waals surface area (Å²) in [6, 6.07) is 18.9. The molecule has 3 fully saturated rings. The van der Waals surface area contributed by atoms with Gasteiger partial charge in [-0.15, -0.1) is 0 Å². The molecular weight excluding hydrogens is 773 g/mol. The van der Waals surface area contributed by atoms with Gasteiger partial charge in [-0.3, -0.25) is 10.2 Å². The second-order valence-corrected chi connectivity index (χ2v) is 17.6. The van der Waals surface area contributed by atoms with Crippen molar-refractivity contribution in [2.75, 3.05) is 33.7 Å². The zero-order valence-electron chi connectivity index (χ0n) is 33.0. The van der Waals surface area contributed by atoms with Crippen molar-refractivity contribution in [2.24, 2.45) is 11.8 Å². The van der Waals surface area contributed by atoms with E-state index >= 15 is 0 Å². The molecule has 1 unspecified atom stereocenters. The smallest absolute Gasteiger partial charge is 0.412 e. The Morgan fingerprint density at radius 3 is 2.52 bits per heavy atom. The number of methoxy groups -OCH3 is 1. The Balaban J connectivity index is 0.984. The van der Waals surface area contributed by atoms with Crippen molar-refractivity contribution in [1.82, 2.24) is 20.4 Å². The monoisotopic (exact) mass is 820 g/mol. The molecule has 0 spiro atoms. The van der Waals surface area contributed by atoms with E-state index in [0.29, 0.717) is 42.0 Å². The van der Waals surface area contributed by atoms with Crippen LogP contribution < -0.4 is 24.3 Å². The van der Waals surface area contributed by atoms with Crippen molar-refractivity contribution in [3.8, 4) is 34.5 Å². The summed E-state index contributed by atoms with van der Waals surface area (Å²) in [7, 11) is -2.28. The molecule has 17 heteroatoms. The molecule has 0 radical (unpaired) electrons. The number of rotatable bonds is 14. The van der Waals surface area contributed by atoms with Crippen molar-refractivity contribution >= 4 is 15.9 Å². The first kappa shape index (κ1) is 39.9. The number of nitrogens with zero attached hydrogens (tertiary/aromatic N) is 3. The third kappa shape index (κ3) is 8.18. The summed E-state index contributed by atoms with van der Waals surface area (Å²) >= 11 is 0. The number of hydrogen-bond acceptors (Lipinski definition) is 15. The highest BCUT2D eigenvalue weighted by molar-refractivity contribution is 7.92. The lowest BCUT2D eigenvalue weighted by molar-refractivity contribution is -0.0911. The molecule has 6 atom stereocenters. The van der Waals surface area contributed by atoms with Crippen LogP contribution in [0.25, 0.3) is 11.5 Å². The van der Waals surface area contributed by atoms with Gasteiger partial charge in [-0.05, 0) is 86.7 Å². The number of amides is 1. The number of carbonyl (C=O) groups is 1. The van der Waals surface area contributed by atoms with Crippen LogP contribution in [0.2, 0.25) is 0 Å². The second-order valence-electron chi connectivity index (χ2n) is 15.5. The lowest BCUT2D eigenvalue weighted by Gasteiger charge is -2.34. The van der Waals surface area contributed by atoms with Crippen LogP contribution in [0.4, 0.5) is 4.79 Å². The number of ether oxygens (including phenoxy) is 8. The number of benzene rings is 3. The van der Waals surface area contributed by atoms with E-state index in [1.807, 2.05) is 76.2 Å². The van der Waals surface area contributed by atoms with Crippen molar-refractivity contribution in [2.45, 2.75) is 87.7 Å². The van der Waals surface area contributed by atoms with E-state index in [2.05, 4.69) is 15.5 Å². The van der Waals surface area contributed by atoms with Crippen molar-refractivity contribution in [3.05, 3.63) is 78.1 Å². The molecule has 3 aromatic carbocycles. The molecule has 4 aliphatic heterocycles. The number of nitrogens with one attached hydrogen (secondary N) is 1. The summed E-state index contributed by atoms with van der Waals surface area (Å²) in [4.78, 5) is 20.4. The van der Waals surface area contributed by atoms with Gasteiger partial charge in [-0.1, -0.05) is 31.1 Å². The highest BCUT2D eigenvalue weighted by Crippen LogP contribution is 2.39. The molecule has 0 bridgehead atoms. The molecule has 310 valence electrons. The van der Waals surface area contributed by atoms with E-state index in [1.54, 1.807) is 18.1 Å². The molecule has 5 heterocycles. The van der Waals surface area contributed by atoms with Gasteiger partial charge in [0, 0.05) is 18.2 Å². The van der Waals surface area contributed by atoms with Crippen LogP contribution in [0, 0.1) is 11.8 Å². The third-order valence-electron chi connectivity index (χ3n) is 10.9. The fourth-order valence-electron chi connectivity index (χ4n) is 7.97. The summed E-state index contributed by atoms with van der Waals surface area (Å²) in [6.45, 7) is 8.34. The van der Waals surface area contributed by atoms with Crippen LogP contribution >= 0.6 is 0 Å². The number of carbonyl (C=O) groups excluding carboxylic acids is 1. The van der Waals surface area contributed by atoms with Gasteiger partial charge in [-0.2, -0.15) is 4.98 Å². The van der Waals surface area contributed by atoms with Gasteiger partial charge in [0.15, 0.2) is 34.2 Å². The third-order valence-corrected chi connectivity index (χ3v) is 13.2. The van der Waals surface area contributed by atoms with Crippen LogP contribution in [-0.2, 0) is 41.8 Å². The van der Waals surface area contributed by atoms with Crippen molar-refractivity contribution in [1.29, 1.82) is 0 Å². The Kier molecular flexibility index (Phi) is 11.3. The van der Waals surface area contributed by atoms with Crippen LogP contribution in [-0.4, -0.2) is 98.9 Å². The van der Waals surface area contributed by atoms with Crippen molar-refractivity contribution in [3.63, 3.8) is 0 Å². The van der Waals surface area contributed by atoms with Crippen molar-refractivity contribution < 1.29 is 55.6 Å². The summed E-state index contributed by atoms with van der Waals surface area (Å²) in [5.74, 6) is 2.57. The van der Waals surface area contributed by atoms with E-state index < -0.39 is 45.3 Å². The van der Waals surface area contributed by atoms with E-state index in [0.717, 1.165) is 23.3 Å². The molecule has 3 saturated heterocycles. The number of hydrogen-bond donors (Lipinski definition) is 1. The molecule has 16 nitrogen and oxygen atoms in total. The molecular formula is C41H48N4O12S. The predicted octanol–water partition coefficient (Wildman–Crippen LogP) is 5.34. The highest BCUT2D eigenvalue weighted by atomic mass is 32.2. The SMILES string of the molecule is COc1ccc(-c2nc(COc3ccc(C[C@H]4[C@@H](CNC(C(C)C)S(=O)(=O)c5ccc6c(c5)OCO6)OC(C)(C)N4C(=O)O[C@H]4CO[C@H]5OCC[C@H]54)cc3)no2)cc1. The first-order valence-electron chi connectivity index (χ1n) is 19.4. The highest BCUT2D eigenvalue weighted by Gasteiger charge is 2.53. The lowest BCUT2D eigenvalue weighted by atomic mass is 9.99. The maximum atomic E-state index is 14.2. The Bertz CT molecular complexity index is 2180. The Hall–Kier alpha value is -4.94. The minimum Gasteiger partial charge on any atom is -0.497 e. The average Bonchev–Trinajstić information content (AvgIpc) is 4.05. The summed E-state index contributed by atoms with van der Waals surface area (Å²) in [6.07, 6.45) is -0.900. The Labute approximate surface area is 336 Å². The molecule has 4 aromatic rings. The normalized spacial score (nSPS) is 23.9. The van der Waals surface area contributed by atoms with Crippen LogP contribution in [0.5, 0.6) is 23.0 Å². The summed E-state index contributed by atoms with van der Waals surface area (Å²) in [5, 5.41) is 6.37. The number of sulfone groups is 1. The minimum absolute atomic E-state index is 0.0332. The second kappa shape index (κ2) is 16.4. The molecule has 8 rings (SSSR count). The van der Waals surface area contributed by atoms with E-state index in [4.69, 9.17) is 42.4 Å².